The fourth-order valence-electron chi connectivity index (χ4n) is 3.22. The zero-order valence-electron chi connectivity index (χ0n) is 16.3. The van der Waals surface area contributed by atoms with Crippen LogP contribution in [0.15, 0.2) is 60.7 Å². The summed E-state index contributed by atoms with van der Waals surface area (Å²) >= 11 is 1.49. The van der Waals surface area contributed by atoms with E-state index in [0.717, 1.165) is 27.5 Å². The summed E-state index contributed by atoms with van der Waals surface area (Å²) in [6.07, 6.45) is 0. The number of thiophene rings is 1. The second-order valence-electron chi connectivity index (χ2n) is 6.73. The van der Waals surface area contributed by atoms with Crippen LogP contribution in [0.5, 0.6) is 11.5 Å². The number of carbonyl (C=O) groups excluding carboxylic acids is 1. The smallest absolute Gasteiger partial charge is 0.264 e. The molecule has 5 nitrogen and oxygen atoms in total. The zero-order chi connectivity index (χ0) is 20.1. The molecule has 1 aliphatic rings. The molecule has 6 heteroatoms. The molecule has 4 rings (SSSR count). The predicted octanol–water partition coefficient (Wildman–Crippen LogP) is 4.48. The van der Waals surface area contributed by atoms with Gasteiger partial charge in [0.25, 0.3) is 5.91 Å². The van der Waals surface area contributed by atoms with Crippen molar-refractivity contribution in [2.45, 2.75) is 6.54 Å². The van der Waals surface area contributed by atoms with Crippen molar-refractivity contribution in [1.82, 2.24) is 4.90 Å². The van der Waals surface area contributed by atoms with E-state index in [-0.39, 0.29) is 5.91 Å². The molecule has 0 fully saturated rings. The molecule has 29 heavy (non-hydrogen) atoms. The number of ether oxygens (including phenoxy) is 3. The topological polar surface area (TPSA) is 48.0 Å². The number of fused-ring (bicyclic) bond motifs is 1. The Kier molecular flexibility index (Phi) is 6.12. The third-order valence-corrected chi connectivity index (χ3v) is 5.83. The van der Waals surface area contributed by atoms with Crippen LogP contribution in [0.3, 0.4) is 0 Å². The van der Waals surface area contributed by atoms with Crippen molar-refractivity contribution < 1.29 is 19.0 Å². The van der Waals surface area contributed by atoms with E-state index in [1.165, 1.54) is 11.3 Å². The molecule has 2 heterocycles. The van der Waals surface area contributed by atoms with Crippen molar-refractivity contribution in [3.8, 4) is 21.9 Å². The van der Waals surface area contributed by atoms with Crippen molar-refractivity contribution >= 4 is 17.2 Å². The molecule has 1 aromatic heterocycles. The van der Waals surface area contributed by atoms with Crippen molar-refractivity contribution in [1.29, 1.82) is 0 Å². The summed E-state index contributed by atoms with van der Waals surface area (Å²) in [5.74, 6) is 1.53. The molecule has 150 valence electrons. The van der Waals surface area contributed by atoms with Crippen LogP contribution >= 0.6 is 11.3 Å². The Morgan fingerprint density at radius 1 is 1.03 bits per heavy atom. The second-order valence-corrected chi connectivity index (χ2v) is 7.81. The number of nitrogens with zero attached hydrogens (tertiary/aromatic N) is 1. The second kappa shape index (κ2) is 9.11. The fraction of sp³-hybridized carbons (Fsp3) is 0.261. The molecule has 3 aromatic rings. The van der Waals surface area contributed by atoms with Crippen molar-refractivity contribution in [3.63, 3.8) is 0 Å². The monoisotopic (exact) mass is 409 g/mol. The molecule has 2 aromatic carbocycles. The van der Waals surface area contributed by atoms with E-state index in [2.05, 4.69) is 0 Å². The molecule has 0 atom stereocenters. The Morgan fingerprint density at radius 2 is 1.83 bits per heavy atom. The minimum atomic E-state index is 0.0136. The van der Waals surface area contributed by atoms with Gasteiger partial charge in [0.05, 0.1) is 11.5 Å². The van der Waals surface area contributed by atoms with Crippen LogP contribution in [0, 0.1) is 0 Å². The van der Waals surface area contributed by atoms with Gasteiger partial charge in [0.2, 0.25) is 0 Å². The molecule has 0 saturated heterocycles. The standard InChI is InChI=1S/C23H23NO4S/c1-26-12-11-24(16-17-5-3-2-4-6-17)23(25)22-10-9-21(29-22)18-7-8-19-20(15-18)28-14-13-27-19/h2-10,15H,11-14,16H2,1H3. The van der Waals surface area contributed by atoms with Gasteiger partial charge < -0.3 is 19.1 Å². The maximum Gasteiger partial charge on any atom is 0.264 e. The normalized spacial score (nSPS) is 12.6. The van der Waals surface area contributed by atoms with Crippen LogP contribution in [-0.2, 0) is 11.3 Å². The van der Waals surface area contributed by atoms with Crippen LogP contribution in [0.2, 0.25) is 0 Å². The lowest BCUT2D eigenvalue weighted by atomic mass is 10.1. The molecule has 0 spiro atoms. The van der Waals surface area contributed by atoms with E-state index in [9.17, 15) is 4.79 Å². The van der Waals surface area contributed by atoms with Gasteiger partial charge in [-0.3, -0.25) is 4.79 Å². The lowest BCUT2D eigenvalue weighted by molar-refractivity contribution is 0.0685. The van der Waals surface area contributed by atoms with Gasteiger partial charge in [-0.1, -0.05) is 30.3 Å². The first-order valence-electron chi connectivity index (χ1n) is 9.56. The van der Waals surface area contributed by atoms with Gasteiger partial charge in [-0.15, -0.1) is 11.3 Å². The summed E-state index contributed by atoms with van der Waals surface area (Å²) in [5, 5.41) is 0. The van der Waals surface area contributed by atoms with E-state index >= 15 is 0 Å². The van der Waals surface area contributed by atoms with E-state index in [1.54, 1.807) is 7.11 Å². The van der Waals surface area contributed by atoms with Crippen LogP contribution in [-0.4, -0.2) is 44.3 Å². The summed E-state index contributed by atoms with van der Waals surface area (Å²) < 4.78 is 16.5. The van der Waals surface area contributed by atoms with Gasteiger partial charge in [0.15, 0.2) is 11.5 Å². The van der Waals surface area contributed by atoms with Gasteiger partial charge in [0, 0.05) is 25.1 Å². The third kappa shape index (κ3) is 4.60. The van der Waals surface area contributed by atoms with Crippen molar-refractivity contribution in [2.24, 2.45) is 0 Å². The molecule has 1 amide bonds. The lowest BCUT2D eigenvalue weighted by Gasteiger charge is -2.22. The predicted molar refractivity (Wildman–Crippen MR) is 114 cm³/mol. The molecule has 0 aliphatic carbocycles. The number of methoxy groups -OCH3 is 1. The van der Waals surface area contributed by atoms with Gasteiger partial charge in [0.1, 0.15) is 13.2 Å². The van der Waals surface area contributed by atoms with Crippen LogP contribution in [0.25, 0.3) is 10.4 Å². The third-order valence-electron chi connectivity index (χ3n) is 4.71. The summed E-state index contributed by atoms with van der Waals surface area (Å²) in [4.78, 5) is 16.7. The molecular formula is C23H23NO4S. The van der Waals surface area contributed by atoms with Crippen LogP contribution in [0.1, 0.15) is 15.2 Å². The van der Waals surface area contributed by atoms with Gasteiger partial charge in [-0.2, -0.15) is 0 Å². The first-order valence-corrected chi connectivity index (χ1v) is 10.4. The Bertz CT molecular complexity index is 970. The van der Waals surface area contributed by atoms with E-state index in [0.29, 0.717) is 37.8 Å². The largest absolute Gasteiger partial charge is 0.486 e. The number of carbonyl (C=O) groups is 1. The summed E-state index contributed by atoms with van der Waals surface area (Å²) in [7, 11) is 1.65. The number of rotatable bonds is 7. The van der Waals surface area contributed by atoms with E-state index in [4.69, 9.17) is 14.2 Å². The highest BCUT2D eigenvalue weighted by molar-refractivity contribution is 7.17. The maximum atomic E-state index is 13.2. The average Bonchev–Trinajstić information content (AvgIpc) is 3.27. The number of amides is 1. The SMILES string of the molecule is COCCN(Cc1ccccc1)C(=O)c1ccc(-c2ccc3c(c2)OCCO3)s1. The summed E-state index contributed by atoms with van der Waals surface area (Å²) in [5.41, 5.74) is 2.12. The average molecular weight is 410 g/mol. The highest BCUT2D eigenvalue weighted by Gasteiger charge is 2.19. The molecule has 0 bridgehead atoms. The lowest BCUT2D eigenvalue weighted by Crippen LogP contribution is -2.33. The fourth-order valence-corrected chi connectivity index (χ4v) is 4.19. The number of hydrogen-bond acceptors (Lipinski definition) is 5. The van der Waals surface area contributed by atoms with Gasteiger partial charge in [-0.05, 0) is 41.5 Å². The Labute approximate surface area is 174 Å². The quantitative estimate of drug-likeness (QED) is 0.577. The zero-order valence-corrected chi connectivity index (χ0v) is 17.1. The summed E-state index contributed by atoms with van der Waals surface area (Å²) in [6, 6.07) is 19.8. The highest BCUT2D eigenvalue weighted by atomic mass is 32.1. The molecule has 0 N–H and O–H groups in total. The molecular weight excluding hydrogens is 386 g/mol. The molecule has 0 saturated carbocycles. The van der Waals surface area contributed by atoms with E-state index in [1.807, 2.05) is 65.6 Å². The van der Waals surface area contributed by atoms with Crippen LogP contribution < -0.4 is 9.47 Å². The summed E-state index contributed by atoms with van der Waals surface area (Å²) in [6.45, 7) is 2.72. The van der Waals surface area contributed by atoms with E-state index < -0.39 is 0 Å². The van der Waals surface area contributed by atoms with Crippen molar-refractivity contribution in [2.75, 3.05) is 33.5 Å². The molecule has 0 radical (unpaired) electrons. The Morgan fingerprint density at radius 3 is 2.62 bits per heavy atom. The molecule has 0 unspecified atom stereocenters. The van der Waals surface area contributed by atoms with Gasteiger partial charge in [-0.25, -0.2) is 0 Å². The Hall–Kier alpha value is -2.83. The van der Waals surface area contributed by atoms with Crippen molar-refractivity contribution in [3.05, 3.63) is 71.1 Å². The first-order chi connectivity index (χ1) is 14.2. The maximum absolute atomic E-state index is 13.2. The molecule has 1 aliphatic heterocycles. The van der Waals surface area contributed by atoms with Gasteiger partial charge >= 0.3 is 0 Å². The highest BCUT2D eigenvalue weighted by Crippen LogP contribution is 2.37. The minimum absolute atomic E-state index is 0.0136. The minimum Gasteiger partial charge on any atom is -0.486 e. The van der Waals surface area contributed by atoms with Crippen LogP contribution in [0.4, 0.5) is 0 Å². The Balaban J connectivity index is 1.54. The first kappa shape index (κ1) is 19.5. The number of benzene rings is 2. The number of hydrogen-bond donors (Lipinski definition) is 0.